The number of hydrogen-bond donors (Lipinski definition) is 0. The van der Waals surface area contributed by atoms with Crippen molar-refractivity contribution in [3.63, 3.8) is 0 Å². The van der Waals surface area contributed by atoms with Gasteiger partial charge in [0.05, 0.1) is 17.6 Å². The molecular formula is C23H22N4OS. The molecule has 146 valence electrons. The maximum absolute atomic E-state index is 12.9. The highest BCUT2D eigenvalue weighted by Gasteiger charge is 2.16. The molecule has 2 aromatic heterocycles. The number of amides is 1. The fraction of sp³-hybridized carbons (Fsp3) is 0.174. The highest BCUT2D eigenvalue weighted by atomic mass is 32.2. The number of para-hydroxylation sites is 2. The maximum atomic E-state index is 12.9. The first kappa shape index (κ1) is 19.2. The molecule has 4 aromatic rings. The molecule has 29 heavy (non-hydrogen) atoms. The SMILES string of the molecule is CCn1c(CN(C)C(=O)c2ccc(Sc3ccccn3)cc2)nc2ccccc21. The van der Waals surface area contributed by atoms with Crippen LogP contribution >= 0.6 is 11.8 Å². The Morgan fingerprint density at radius 3 is 2.52 bits per heavy atom. The molecule has 4 rings (SSSR count). The van der Waals surface area contributed by atoms with Crippen LogP contribution in [0.2, 0.25) is 0 Å². The fourth-order valence-electron chi connectivity index (χ4n) is 3.30. The number of rotatable bonds is 6. The molecule has 1 amide bonds. The molecule has 0 atom stereocenters. The minimum Gasteiger partial charge on any atom is -0.334 e. The summed E-state index contributed by atoms with van der Waals surface area (Å²) in [4.78, 5) is 24.7. The largest absolute Gasteiger partial charge is 0.334 e. The van der Waals surface area contributed by atoms with Gasteiger partial charge >= 0.3 is 0 Å². The normalized spacial score (nSPS) is 11.0. The molecule has 0 aliphatic heterocycles. The predicted octanol–water partition coefficient (Wildman–Crippen LogP) is 4.87. The smallest absolute Gasteiger partial charge is 0.254 e. The van der Waals surface area contributed by atoms with Crippen molar-refractivity contribution in [3.05, 3.63) is 84.3 Å². The van der Waals surface area contributed by atoms with Crippen LogP contribution in [0, 0.1) is 0 Å². The molecule has 0 saturated heterocycles. The van der Waals surface area contributed by atoms with Crippen molar-refractivity contribution in [2.45, 2.75) is 29.9 Å². The van der Waals surface area contributed by atoms with Gasteiger partial charge in [-0.1, -0.05) is 30.0 Å². The fourth-order valence-corrected chi connectivity index (χ4v) is 4.07. The molecule has 5 nitrogen and oxygen atoms in total. The molecule has 2 aromatic carbocycles. The molecule has 0 unspecified atom stereocenters. The predicted molar refractivity (Wildman–Crippen MR) is 116 cm³/mol. The van der Waals surface area contributed by atoms with Gasteiger partial charge < -0.3 is 9.47 Å². The summed E-state index contributed by atoms with van der Waals surface area (Å²) in [6.45, 7) is 3.38. The van der Waals surface area contributed by atoms with E-state index in [4.69, 9.17) is 4.98 Å². The molecule has 0 spiro atoms. The number of hydrogen-bond acceptors (Lipinski definition) is 4. The van der Waals surface area contributed by atoms with Gasteiger partial charge in [0.15, 0.2) is 0 Å². The van der Waals surface area contributed by atoms with Gasteiger partial charge in [0, 0.05) is 30.2 Å². The number of nitrogens with zero attached hydrogens (tertiary/aromatic N) is 4. The monoisotopic (exact) mass is 402 g/mol. The van der Waals surface area contributed by atoms with Crippen molar-refractivity contribution in [2.24, 2.45) is 0 Å². The maximum Gasteiger partial charge on any atom is 0.254 e. The molecule has 2 heterocycles. The molecule has 0 aliphatic carbocycles. The average Bonchev–Trinajstić information content (AvgIpc) is 3.11. The third-order valence-corrected chi connectivity index (χ3v) is 5.70. The lowest BCUT2D eigenvalue weighted by molar-refractivity contribution is 0.0780. The topological polar surface area (TPSA) is 51.0 Å². The van der Waals surface area contributed by atoms with Gasteiger partial charge in [-0.15, -0.1) is 0 Å². The van der Waals surface area contributed by atoms with E-state index in [2.05, 4.69) is 22.5 Å². The summed E-state index contributed by atoms with van der Waals surface area (Å²) < 4.78 is 2.16. The van der Waals surface area contributed by atoms with Gasteiger partial charge in [-0.2, -0.15) is 0 Å². The van der Waals surface area contributed by atoms with Crippen LogP contribution in [-0.2, 0) is 13.1 Å². The Bertz CT molecular complexity index is 1120. The van der Waals surface area contributed by atoms with E-state index in [1.165, 1.54) is 0 Å². The van der Waals surface area contributed by atoms with Crippen LogP contribution in [-0.4, -0.2) is 32.4 Å². The molecular weight excluding hydrogens is 380 g/mol. The highest BCUT2D eigenvalue weighted by molar-refractivity contribution is 7.99. The molecule has 0 saturated carbocycles. The van der Waals surface area contributed by atoms with Crippen molar-refractivity contribution in [1.29, 1.82) is 0 Å². The molecule has 0 fully saturated rings. The number of aryl methyl sites for hydroxylation is 1. The molecule has 0 radical (unpaired) electrons. The lowest BCUT2D eigenvalue weighted by atomic mass is 10.2. The molecule has 6 heteroatoms. The zero-order valence-corrected chi connectivity index (χ0v) is 17.3. The standard InChI is InChI=1S/C23H22N4OS/c1-3-27-20-9-5-4-8-19(20)25-21(27)16-26(2)23(28)17-11-13-18(14-12-17)29-22-10-6-7-15-24-22/h4-15H,3,16H2,1-2H3. The Kier molecular flexibility index (Phi) is 5.62. The van der Waals surface area contributed by atoms with E-state index in [9.17, 15) is 4.79 Å². The Labute approximate surface area is 174 Å². The average molecular weight is 403 g/mol. The van der Waals surface area contributed by atoms with Gasteiger partial charge in [-0.05, 0) is 55.5 Å². The van der Waals surface area contributed by atoms with Crippen LogP contribution in [0.15, 0.2) is 82.8 Å². The van der Waals surface area contributed by atoms with Crippen molar-refractivity contribution >= 4 is 28.7 Å². The van der Waals surface area contributed by atoms with E-state index >= 15 is 0 Å². The second-order valence-corrected chi connectivity index (χ2v) is 7.81. The lowest BCUT2D eigenvalue weighted by Gasteiger charge is -2.18. The minimum absolute atomic E-state index is 0.0194. The zero-order chi connectivity index (χ0) is 20.2. The van der Waals surface area contributed by atoms with Crippen LogP contribution in [0.5, 0.6) is 0 Å². The summed E-state index contributed by atoms with van der Waals surface area (Å²) in [6, 6.07) is 21.6. The van der Waals surface area contributed by atoms with Gasteiger partial charge in [0.2, 0.25) is 0 Å². The molecule has 0 bridgehead atoms. The van der Waals surface area contributed by atoms with Crippen molar-refractivity contribution < 1.29 is 4.79 Å². The summed E-state index contributed by atoms with van der Waals surface area (Å²) >= 11 is 1.58. The Morgan fingerprint density at radius 1 is 1.03 bits per heavy atom. The third kappa shape index (κ3) is 4.17. The lowest BCUT2D eigenvalue weighted by Crippen LogP contribution is -2.27. The second kappa shape index (κ2) is 8.49. The summed E-state index contributed by atoms with van der Waals surface area (Å²) in [5, 5.41) is 0.933. The first-order chi connectivity index (χ1) is 14.2. The number of carbonyl (C=O) groups excluding carboxylic acids is 1. The first-order valence-corrected chi connectivity index (χ1v) is 10.4. The number of benzene rings is 2. The quantitative estimate of drug-likeness (QED) is 0.461. The van der Waals surface area contributed by atoms with Crippen molar-refractivity contribution in [1.82, 2.24) is 19.4 Å². The number of pyridine rings is 1. The van der Waals surface area contributed by atoms with Crippen LogP contribution in [0.1, 0.15) is 23.1 Å². The van der Waals surface area contributed by atoms with Gasteiger partial charge in [0.25, 0.3) is 5.91 Å². The van der Waals surface area contributed by atoms with E-state index in [1.54, 1.807) is 22.9 Å². The first-order valence-electron chi connectivity index (χ1n) is 9.54. The van der Waals surface area contributed by atoms with Gasteiger partial charge in [-0.3, -0.25) is 4.79 Å². The zero-order valence-electron chi connectivity index (χ0n) is 16.4. The van der Waals surface area contributed by atoms with Crippen LogP contribution in [0.25, 0.3) is 11.0 Å². The molecule has 0 aliphatic rings. The van der Waals surface area contributed by atoms with Crippen molar-refractivity contribution in [3.8, 4) is 0 Å². The summed E-state index contributed by atoms with van der Waals surface area (Å²) in [6.07, 6.45) is 1.78. The number of imidazole rings is 1. The minimum atomic E-state index is -0.0194. The Balaban J connectivity index is 1.48. The van der Waals surface area contributed by atoms with E-state index in [1.807, 2.05) is 67.7 Å². The van der Waals surface area contributed by atoms with Crippen molar-refractivity contribution in [2.75, 3.05) is 7.05 Å². The summed E-state index contributed by atoms with van der Waals surface area (Å²) in [5.74, 6) is 0.876. The summed E-state index contributed by atoms with van der Waals surface area (Å²) in [5.41, 5.74) is 2.72. The van der Waals surface area contributed by atoms with Crippen LogP contribution in [0.4, 0.5) is 0 Å². The second-order valence-electron chi connectivity index (χ2n) is 6.72. The van der Waals surface area contributed by atoms with Gasteiger partial charge in [0.1, 0.15) is 10.9 Å². The Hall–Kier alpha value is -3.12. The number of carbonyl (C=O) groups is 1. The Morgan fingerprint density at radius 2 is 1.79 bits per heavy atom. The van der Waals surface area contributed by atoms with Crippen LogP contribution in [0.3, 0.4) is 0 Å². The number of aromatic nitrogens is 3. The van der Waals surface area contributed by atoms with E-state index < -0.39 is 0 Å². The van der Waals surface area contributed by atoms with Crippen LogP contribution < -0.4 is 0 Å². The third-order valence-electron chi connectivity index (χ3n) is 4.74. The summed E-state index contributed by atoms with van der Waals surface area (Å²) in [7, 11) is 1.82. The van der Waals surface area contributed by atoms with Gasteiger partial charge in [-0.25, -0.2) is 9.97 Å². The van der Waals surface area contributed by atoms with E-state index in [0.717, 1.165) is 33.3 Å². The number of fused-ring (bicyclic) bond motifs is 1. The van der Waals surface area contributed by atoms with E-state index in [0.29, 0.717) is 12.1 Å². The highest BCUT2D eigenvalue weighted by Crippen LogP contribution is 2.26. The van der Waals surface area contributed by atoms with E-state index in [-0.39, 0.29) is 5.91 Å². The molecule has 0 N–H and O–H groups in total.